The Morgan fingerprint density at radius 3 is 1.18 bits per heavy atom. The number of hydrogen-bond donors (Lipinski definition) is 21. The molecular formula is C92H174N12O33. The van der Waals surface area contributed by atoms with E-state index in [1.54, 1.807) is 111 Å². The highest BCUT2D eigenvalue weighted by Gasteiger charge is 2.57. The third-order valence-electron chi connectivity index (χ3n) is 25.3. The summed E-state index contributed by atoms with van der Waals surface area (Å²) in [5.74, 6) is -2.75. The average Bonchev–Trinajstić information content (AvgIpc) is 0.778. The van der Waals surface area contributed by atoms with Crippen molar-refractivity contribution in [2.24, 2.45) is 74.0 Å². The van der Waals surface area contributed by atoms with Crippen molar-refractivity contribution in [2.45, 2.75) is 454 Å². The van der Waals surface area contributed by atoms with Crippen LogP contribution in [-0.2, 0) is 85.3 Å². The first kappa shape index (κ1) is 122. The van der Waals surface area contributed by atoms with Gasteiger partial charge in [-0.2, -0.15) is 0 Å². The minimum atomic E-state index is -1.50. The Labute approximate surface area is 807 Å². The number of rotatable bonds is 28. The number of aliphatic hydroxyl groups is 11. The largest absolute Gasteiger partial charge is 0.444 e. The van der Waals surface area contributed by atoms with E-state index in [0.717, 1.165) is 13.0 Å². The van der Waals surface area contributed by atoms with E-state index in [1.165, 1.54) is 13.8 Å². The molecule has 9 aliphatic rings. The molecule has 9 rings (SSSR count). The molecule has 0 aromatic carbocycles. The van der Waals surface area contributed by atoms with Crippen molar-refractivity contribution >= 4 is 41.8 Å². The Bertz CT molecular complexity index is 3710. The van der Waals surface area contributed by atoms with Crippen molar-refractivity contribution in [1.29, 1.82) is 0 Å². The molecule has 4 amide bonds. The minimum absolute atomic E-state index is 0. The van der Waals surface area contributed by atoms with Crippen LogP contribution in [-0.4, -0.2) is 374 Å². The van der Waals surface area contributed by atoms with Gasteiger partial charge in [0, 0.05) is 74.3 Å². The fourth-order valence-electron chi connectivity index (χ4n) is 17.0. The molecule has 3 aliphatic carbocycles. The van der Waals surface area contributed by atoms with Gasteiger partial charge in [0.25, 0.3) is 0 Å². The molecule has 137 heavy (non-hydrogen) atoms. The van der Waals surface area contributed by atoms with E-state index in [-0.39, 0.29) is 101 Å². The molecule has 9 fully saturated rings. The highest BCUT2D eigenvalue weighted by atomic mass is 16.7. The van der Waals surface area contributed by atoms with Crippen molar-refractivity contribution in [3.63, 3.8) is 0 Å². The molecule has 6 aliphatic heterocycles. The molecule has 0 aromatic heterocycles. The molecule has 6 saturated heterocycles. The maximum absolute atomic E-state index is 13.0. The van der Waals surface area contributed by atoms with Crippen LogP contribution >= 0.6 is 0 Å². The molecule has 19 unspecified atom stereocenters. The van der Waals surface area contributed by atoms with Gasteiger partial charge in [0.15, 0.2) is 37.7 Å². The third kappa shape index (κ3) is 37.9. The zero-order chi connectivity index (χ0) is 103. The molecule has 45 heteroatoms. The van der Waals surface area contributed by atoms with Gasteiger partial charge in [0.05, 0.1) is 91.2 Å². The van der Waals surface area contributed by atoms with Crippen molar-refractivity contribution < 1.29 is 161 Å². The van der Waals surface area contributed by atoms with Crippen LogP contribution in [0.3, 0.4) is 0 Å². The summed E-state index contributed by atoms with van der Waals surface area (Å²) in [5, 5.41) is 129. The lowest BCUT2D eigenvalue weighted by molar-refractivity contribution is -0.316. The smallest absolute Gasteiger partial charge is 0.407 e. The first-order valence-corrected chi connectivity index (χ1v) is 47.8. The molecule has 3 saturated carbocycles. The predicted octanol–water partition coefficient (Wildman–Crippen LogP) is 1.29. The van der Waals surface area contributed by atoms with Gasteiger partial charge in [0.2, 0.25) is 0 Å². The predicted molar refractivity (Wildman–Crippen MR) is 500 cm³/mol. The Balaban J connectivity index is 0.000000353. The van der Waals surface area contributed by atoms with Crippen LogP contribution in [0.15, 0.2) is 9.98 Å². The van der Waals surface area contributed by atoms with E-state index in [1.807, 2.05) is 20.8 Å². The van der Waals surface area contributed by atoms with Gasteiger partial charge in [0.1, 0.15) is 126 Å². The normalized spacial score (nSPS) is 39.3. The number of Topliss-reactive ketones (excluding diaryl/α,β-unsaturated/α-hetero) is 1. The summed E-state index contributed by atoms with van der Waals surface area (Å²) in [5.41, 5.74) is 29.4. The number of carbonyl (C=O) groups excluding carboxylic acids is 5. The van der Waals surface area contributed by atoms with Gasteiger partial charge in [-0.3, -0.25) is 9.98 Å². The van der Waals surface area contributed by atoms with Crippen LogP contribution in [0.1, 0.15) is 237 Å². The summed E-state index contributed by atoms with van der Waals surface area (Å²) in [6.07, 6.45) is -18.8. The number of hydrogen-bond acceptors (Lipinski definition) is 39. The number of nitrogens with one attached hydrogen (secondary N) is 4. The van der Waals surface area contributed by atoms with E-state index in [9.17, 15) is 80.1 Å². The lowest BCUT2D eigenvalue weighted by atomic mass is 9.79. The fourth-order valence-corrected chi connectivity index (χ4v) is 17.0. The summed E-state index contributed by atoms with van der Waals surface area (Å²) in [4.78, 5) is 70.9. The van der Waals surface area contributed by atoms with Gasteiger partial charge in [-0.1, -0.05) is 42.0 Å². The van der Waals surface area contributed by atoms with Crippen LogP contribution in [0.25, 0.3) is 0 Å². The maximum atomic E-state index is 13.0. The average molecular weight is 1980 g/mol. The number of nitrogens with two attached hydrogens (primary N) is 6. The van der Waals surface area contributed by atoms with Crippen LogP contribution in [0.4, 0.5) is 19.2 Å². The molecule has 0 radical (unpaired) electrons. The standard InChI is InChI=1S/C32H58N4O12.C32H57N3O12.C21H41N5O8.C6H14O.CH4/c1-16-10-11-18(13-34-28(40)47-30(3,4)5)44-26(16)45-25-20(36-29(41)48-31(6,7)8)12-19(35-21(33)14-37)24(23(25)39)46-27-22(38)17(2)32(9,42)15-43-27;1-16-10-11-18(14-34-28(39)46-30(3,4)5)43-26(16)45-25-21(35-29(40)47-31(6,7)8)13-20(33)24(23(25)38)44-27-22(37)19(12-17(2)36)32(9,41)15-42-27;1-9-15(28)20(31-8-21(9,2)30)34-18-13(26-14(25)7-27)5-12(24)17(16(18)29)33-19-11(23)4-3-10(6-22)32-19;1-4-6(3)7-5-2;/h16-20,22-27,37-39,42H,10-15H2,1-9H3,(H2,33,35)(H,34,40)(H,36,41);16,18-27,37-38,41H,10-15,33H2,1-9H3,(H,34,39)(H,35,40);9-13,15-20,27-30H,3-8,22-24H2,1-2H3,(H2,25,26);6H,4-5H2,1-3H3;1H4/t16?,17-,18+,19-,20+,22?,23?,24?,25?,26-,27-,32?;16?,18-,19+,20+,21-,22?,23?,24?,25?,26+,27+,32?;9-,10+,11?,12+,13-,15?,16?,17?,18?,19-,20-,21?;;/m101../s1. The second kappa shape index (κ2) is 53.4. The van der Waals surface area contributed by atoms with Crippen LogP contribution in [0, 0.1) is 29.6 Å². The molecular weight excluding hydrogens is 1800 g/mol. The maximum Gasteiger partial charge on any atom is 0.407 e. The number of aliphatic imine (C=N–C) groups is 2. The van der Waals surface area contributed by atoms with E-state index in [4.69, 9.17) is 115 Å². The van der Waals surface area contributed by atoms with Crippen molar-refractivity contribution in [2.75, 3.05) is 59.3 Å². The van der Waals surface area contributed by atoms with Crippen molar-refractivity contribution in [3.05, 3.63) is 0 Å². The molecule has 37 atom stereocenters. The number of ether oxygens (including phenoxy) is 17. The second-order valence-corrected chi connectivity index (χ2v) is 42.4. The molecule has 27 N–H and O–H groups in total. The van der Waals surface area contributed by atoms with E-state index >= 15 is 0 Å². The Morgan fingerprint density at radius 1 is 0.453 bits per heavy atom. The number of alkyl carbamates (subject to hydrolysis) is 4. The van der Waals surface area contributed by atoms with Crippen LogP contribution in [0.5, 0.6) is 0 Å². The first-order chi connectivity index (χ1) is 62.9. The molecule has 0 bridgehead atoms. The number of carbonyl (C=O) groups is 5. The van der Waals surface area contributed by atoms with Crippen molar-refractivity contribution in [3.8, 4) is 0 Å². The zero-order valence-corrected chi connectivity index (χ0v) is 84.0. The number of nitrogens with zero attached hydrogens (tertiary/aromatic N) is 2. The van der Waals surface area contributed by atoms with E-state index in [2.05, 4.69) is 45.1 Å². The highest BCUT2D eigenvalue weighted by Crippen LogP contribution is 2.42. The number of amides is 4. The highest BCUT2D eigenvalue weighted by molar-refractivity contribution is 5.82. The number of aliphatic hydroxyl groups excluding tert-OH is 8. The molecule has 45 nitrogen and oxygen atoms in total. The van der Waals surface area contributed by atoms with E-state index in [0.29, 0.717) is 51.2 Å². The quantitative estimate of drug-likeness (QED) is 0.0298. The number of amidine groups is 2. The summed E-state index contributed by atoms with van der Waals surface area (Å²) in [7, 11) is 0. The van der Waals surface area contributed by atoms with Gasteiger partial charge in [-0.25, -0.2) is 19.2 Å². The third-order valence-corrected chi connectivity index (χ3v) is 25.3. The topological polar surface area (TPSA) is 694 Å². The Kier molecular flexibility index (Phi) is 47.6. The van der Waals surface area contributed by atoms with Crippen LogP contribution in [0.2, 0.25) is 0 Å². The van der Waals surface area contributed by atoms with Gasteiger partial charge >= 0.3 is 24.4 Å². The van der Waals surface area contributed by atoms with Crippen molar-refractivity contribution in [1.82, 2.24) is 21.3 Å². The lowest BCUT2D eigenvalue weighted by Gasteiger charge is -2.49. The van der Waals surface area contributed by atoms with Gasteiger partial charge in [-0.05, 0) is 189 Å². The number of ketones is 1. The monoisotopic (exact) mass is 1980 g/mol. The Morgan fingerprint density at radius 2 is 0.796 bits per heavy atom. The molecule has 6 heterocycles. The second-order valence-electron chi connectivity index (χ2n) is 42.4. The summed E-state index contributed by atoms with van der Waals surface area (Å²) >= 11 is 0. The van der Waals surface area contributed by atoms with E-state index < -0.39 is 260 Å². The summed E-state index contributed by atoms with van der Waals surface area (Å²) < 4.78 is 99.2. The molecule has 0 aromatic rings. The lowest BCUT2D eigenvalue weighted by Crippen LogP contribution is -2.67. The Hall–Kier alpha value is -5.43. The first-order valence-electron chi connectivity index (χ1n) is 47.8. The molecule has 800 valence electrons. The van der Waals surface area contributed by atoms with Gasteiger partial charge in [-0.15, -0.1) is 0 Å². The fraction of sp³-hybridized carbons (Fsp3) is 0.924. The minimum Gasteiger partial charge on any atom is -0.444 e. The summed E-state index contributed by atoms with van der Waals surface area (Å²) in [6, 6.07) is -5.36. The molecule has 0 spiro atoms. The summed E-state index contributed by atoms with van der Waals surface area (Å²) in [6.45, 7) is 40.3. The zero-order valence-electron chi connectivity index (χ0n) is 84.0. The SMILES string of the molecule is C.CC(=O)C[C@@H]1C(O)[C@@H](OC2C(O)C(O[C@H]3O[C@H](CNC(=O)OC(C)(C)C)CCC3C)[C@@H](NC(=O)OC(C)(C)C)C[C@H]2N)OCC1(C)O.CC1CC[C@@H](CNC(=O)OC(C)(C)C)O[C@@H]1OC1C(O)C(O[C@H]2OCC(C)(O)[C@H](C)C2O)[C@H](N=C(N)CO)C[C@@H]1NC(=O)OC(C)(C)C.CCOC(C)CC.C[C@@H]1C(O)[C@@H](OC2C(O)C(O[C@H]3O[C@H](CN)CCC3N)[C@@H](N)C[C@H]2N=C(N)CO)OCC1(C)O. The van der Waals surface area contributed by atoms with Gasteiger partial charge < -0.3 is 197 Å². The van der Waals surface area contributed by atoms with Crippen LogP contribution < -0.4 is 55.7 Å².